The molecule has 0 amide bonds. The zero-order valence-corrected chi connectivity index (χ0v) is 49.0. The molecule has 0 aliphatic carbocycles. The Kier molecular flexibility index (Phi) is 24.1. The first-order valence-corrected chi connectivity index (χ1v) is 28.9. The largest absolute Gasteiger partial charge is 0.416 e. The monoisotopic (exact) mass is 1450 g/mol. The summed E-state index contributed by atoms with van der Waals surface area (Å²) >= 11 is -1.91. The summed E-state index contributed by atoms with van der Waals surface area (Å²) in [7, 11) is 0. The Labute approximate surface area is 515 Å². The van der Waals surface area contributed by atoms with Gasteiger partial charge in [0.15, 0.2) is 69.8 Å². The first-order chi connectivity index (χ1) is 43.8. The molecule has 0 bridgehead atoms. The van der Waals surface area contributed by atoms with Crippen molar-refractivity contribution in [3.05, 3.63) is 188 Å². The summed E-state index contributed by atoms with van der Waals surface area (Å²) in [6.07, 6.45) is -39.5. The molecule has 0 radical (unpaired) electrons. The Hall–Kier alpha value is -7.56. The number of rotatable bonds is 22. The normalized spacial score (nSPS) is 12.4. The van der Waals surface area contributed by atoms with E-state index in [1.807, 2.05) is 57.2 Å². The molecule has 7 rings (SSSR count). The fourth-order valence-corrected chi connectivity index (χ4v) is 14.7. The van der Waals surface area contributed by atoms with Gasteiger partial charge in [0.1, 0.15) is 29.4 Å². The molecular formula is C58H39BF28O6Se. The summed E-state index contributed by atoms with van der Waals surface area (Å²) in [6.45, 7) is 11.1. The molecule has 512 valence electrons. The van der Waals surface area contributed by atoms with Crippen molar-refractivity contribution in [2.45, 2.75) is 45.5 Å². The molecular weight excluding hydrogens is 1410 g/mol. The summed E-state index contributed by atoms with van der Waals surface area (Å²) < 4.78 is 456. The van der Waals surface area contributed by atoms with E-state index < -0.39 is 182 Å². The van der Waals surface area contributed by atoms with E-state index in [0.717, 1.165) is 30.6 Å². The summed E-state index contributed by atoms with van der Waals surface area (Å²) in [4.78, 5) is 0. The van der Waals surface area contributed by atoms with Crippen LogP contribution in [0.15, 0.2) is 72.8 Å². The molecule has 0 saturated carbocycles. The van der Waals surface area contributed by atoms with Gasteiger partial charge < -0.3 is 0 Å². The minimum Gasteiger partial charge on any atom is -0.207 e. The molecule has 6 nitrogen and oxygen atoms in total. The maximum Gasteiger partial charge on any atom is 0.416 e. The van der Waals surface area contributed by atoms with Crippen molar-refractivity contribution in [3.63, 3.8) is 0 Å². The van der Waals surface area contributed by atoms with E-state index in [-0.39, 0.29) is 0 Å². The second kappa shape index (κ2) is 30.0. The van der Waals surface area contributed by atoms with E-state index in [1.165, 1.54) is 0 Å². The second-order valence-corrected chi connectivity index (χ2v) is 22.9. The SMILES string of the molecule is CCOCCOc1ccccc1[Se+](c1ccccc1OCCOCC)c1ccccc1OCCOCC.Fc1c(F)c(F)c(C(F)(F)F)c([B-](c2c(F)c(F)c(F)c(F)c2C(F)(F)F)(c2c(F)c(F)c(F)c(F)c2C(F)(F)F)c2c(F)c(F)c(F)c(F)c2C(F)(F)F)c1F. The van der Waals surface area contributed by atoms with Gasteiger partial charge in [-0.25, -0.2) is 70.2 Å². The quantitative estimate of drug-likeness (QED) is 0.0222. The van der Waals surface area contributed by atoms with Gasteiger partial charge in [0.25, 0.3) is 0 Å². The molecule has 36 heteroatoms. The maximum absolute atomic E-state index is 16.0. The van der Waals surface area contributed by atoms with Gasteiger partial charge in [-0.3, -0.25) is 0 Å². The number of hydrogen-bond donors (Lipinski definition) is 0. The molecule has 7 aromatic carbocycles. The van der Waals surface area contributed by atoms with Crippen LogP contribution in [0.4, 0.5) is 123 Å². The molecule has 0 spiro atoms. The third kappa shape index (κ3) is 14.8. The van der Waals surface area contributed by atoms with Gasteiger partial charge in [0.05, 0.1) is 22.3 Å². The van der Waals surface area contributed by atoms with Crippen molar-refractivity contribution in [1.29, 1.82) is 0 Å². The standard InChI is InChI=1S/C30H39O6Se.C28BF28/c1-4-31-19-22-34-25-13-7-10-16-28(25)37(29-17-11-8-14-26(29)35-23-20-32-5-2)30-18-12-9-15-27(30)36-24-21-33-6-3;30-9-1(25(46,47)48)5(13(34)21(42)17(9)38)29(6-2(26(49,50)51)10(31)18(39)22(43)14(6)35,7-3(27(52,53)54)11(32)19(40)23(44)15(7)36)8-4(28(55,56)57)12(33)20(41)24(45)16(8)37/h7-18H,4-6,19-24H2,1-3H3;/q+1;-1. The second-order valence-electron chi connectivity index (χ2n) is 18.8. The van der Waals surface area contributed by atoms with Gasteiger partial charge in [0, 0.05) is 0 Å². The van der Waals surface area contributed by atoms with E-state index in [4.69, 9.17) is 28.4 Å². The van der Waals surface area contributed by atoms with Crippen molar-refractivity contribution in [2.75, 3.05) is 59.5 Å². The minimum absolute atomic E-state index is 0.489. The van der Waals surface area contributed by atoms with Gasteiger partial charge in [-0.1, -0.05) is 0 Å². The fourth-order valence-electron chi connectivity index (χ4n) is 9.83. The van der Waals surface area contributed by atoms with Gasteiger partial charge in [0.2, 0.25) is 0 Å². The molecule has 0 aliphatic heterocycles. The van der Waals surface area contributed by atoms with E-state index in [2.05, 4.69) is 36.4 Å². The molecule has 0 fully saturated rings. The first kappa shape index (κ1) is 75.5. The average molecular weight is 1450 g/mol. The number of hydrogen-bond acceptors (Lipinski definition) is 6. The molecule has 7 aromatic rings. The molecule has 0 aliphatic rings. The predicted molar refractivity (Wildman–Crippen MR) is 279 cm³/mol. The van der Waals surface area contributed by atoms with Crippen molar-refractivity contribution in [2.24, 2.45) is 0 Å². The van der Waals surface area contributed by atoms with E-state index >= 15 is 35.1 Å². The molecule has 0 atom stereocenters. The van der Waals surface area contributed by atoms with Gasteiger partial charge in [-0.2, -0.15) is 52.7 Å². The van der Waals surface area contributed by atoms with Crippen LogP contribution in [0.3, 0.4) is 0 Å². The van der Waals surface area contributed by atoms with Gasteiger partial charge in [-0.05, 0) is 0 Å². The first-order valence-electron chi connectivity index (χ1n) is 26.4. The van der Waals surface area contributed by atoms with E-state index in [0.29, 0.717) is 59.5 Å². The van der Waals surface area contributed by atoms with Crippen LogP contribution in [0.2, 0.25) is 0 Å². The van der Waals surface area contributed by atoms with Crippen LogP contribution in [0.5, 0.6) is 17.2 Å². The molecule has 0 unspecified atom stereocenters. The summed E-state index contributed by atoms with van der Waals surface area (Å²) in [6, 6.07) is 24.8. The Morgan fingerprint density at radius 1 is 0.277 bits per heavy atom. The topological polar surface area (TPSA) is 55.4 Å². The van der Waals surface area contributed by atoms with Crippen LogP contribution in [0.1, 0.15) is 43.0 Å². The zero-order valence-electron chi connectivity index (χ0n) is 47.3. The average Bonchev–Trinajstić information content (AvgIpc) is 0.669. The summed E-state index contributed by atoms with van der Waals surface area (Å²) in [5, 5.41) is 0. The van der Waals surface area contributed by atoms with Crippen LogP contribution in [-0.2, 0) is 38.9 Å². The molecule has 0 saturated heterocycles. The van der Waals surface area contributed by atoms with Crippen LogP contribution >= 0.6 is 0 Å². The van der Waals surface area contributed by atoms with Crippen molar-refractivity contribution >= 4 is 55.3 Å². The molecule has 0 N–H and O–H groups in total. The molecule has 94 heavy (non-hydrogen) atoms. The number of para-hydroxylation sites is 3. The van der Waals surface area contributed by atoms with Crippen LogP contribution in [0.25, 0.3) is 0 Å². The van der Waals surface area contributed by atoms with Crippen LogP contribution in [0, 0.1) is 93.1 Å². The Balaban J connectivity index is 0.000000326. The van der Waals surface area contributed by atoms with Crippen molar-refractivity contribution in [3.8, 4) is 17.2 Å². The smallest absolute Gasteiger partial charge is 0.207 e. The fraction of sp³-hybridized carbons (Fsp3) is 0.276. The maximum atomic E-state index is 16.0. The Bertz CT molecular complexity index is 3430. The third-order valence-corrected chi connectivity index (χ3v) is 18.2. The minimum atomic E-state index is -8.89. The number of alkyl halides is 12. The van der Waals surface area contributed by atoms with Crippen molar-refractivity contribution in [1.82, 2.24) is 0 Å². The zero-order chi connectivity index (χ0) is 70.5. The summed E-state index contributed by atoms with van der Waals surface area (Å²) in [5.74, 6) is -67.2. The summed E-state index contributed by atoms with van der Waals surface area (Å²) in [5.41, 5.74) is -38.1. The van der Waals surface area contributed by atoms with Crippen LogP contribution < -0.4 is 49.4 Å². The Morgan fingerprint density at radius 2 is 0.468 bits per heavy atom. The Morgan fingerprint density at radius 3 is 0.660 bits per heavy atom. The van der Waals surface area contributed by atoms with Gasteiger partial charge >= 0.3 is 251 Å². The van der Waals surface area contributed by atoms with Gasteiger partial charge in [-0.15, -0.1) is 21.9 Å². The van der Waals surface area contributed by atoms with Crippen LogP contribution in [-0.4, -0.2) is 79.5 Å². The number of benzene rings is 7. The van der Waals surface area contributed by atoms with Crippen molar-refractivity contribution < 1.29 is 151 Å². The molecule has 0 aromatic heterocycles. The van der Waals surface area contributed by atoms with E-state index in [1.54, 1.807) is 0 Å². The molecule has 0 heterocycles. The third-order valence-electron chi connectivity index (χ3n) is 13.4. The predicted octanol–water partition coefficient (Wildman–Crippen LogP) is 12.8. The number of ether oxygens (including phenoxy) is 6. The van der Waals surface area contributed by atoms with E-state index in [9.17, 15) is 87.8 Å². The number of halogens is 28.